The van der Waals surface area contributed by atoms with Gasteiger partial charge in [-0.1, -0.05) is 27.7 Å². The average Bonchev–Trinajstić information content (AvgIpc) is 2.76. The van der Waals surface area contributed by atoms with Crippen molar-refractivity contribution in [2.75, 3.05) is 0 Å². The van der Waals surface area contributed by atoms with Crippen LogP contribution < -0.4 is 0 Å². The predicted octanol–water partition coefficient (Wildman–Crippen LogP) is 3.47. The third-order valence-corrected chi connectivity index (χ3v) is 6.55. The molecule has 3 aliphatic rings. The lowest BCUT2D eigenvalue weighted by atomic mass is 9.55. The van der Waals surface area contributed by atoms with Crippen LogP contribution in [-0.2, 0) is 0 Å². The maximum atomic E-state index is 10.4. The zero-order valence-corrected chi connectivity index (χ0v) is 11.2. The van der Waals surface area contributed by atoms with Crippen molar-refractivity contribution in [3.8, 4) is 0 Å². The molecule has 0 aromatic heterocycles. The van der Waals surface area contributed by atoms with Gasteiger partial charge >= 0.3 is 0 Å². The molecule has 0 saturated heterocycles. The van der Waals surface area contributed by atoms with Crippen molar-refractivity contribution in [3.05, 3.63) is 0 Å². The molecule has 0 aromatic carbocycles. The Labute approximate surface area is 99.6 Å². The lowest BCUT2D eigenvalue weighted by Crippen LogP contribution is -2.49. The van der Waals surface area contributed by atoms with E-state index in [1.54, 1.807) is 0 Å². The molecule has 0 spiro atoms. The van der Waals surface area contributed by atoms with E-state index in [9.17, 15) is 5.11 Å². The first-order valence-electron chi connectivity index (χ1n) is 7.07. The molecule has 0 bridgehead atoms. The molecule has 0 aliphatic heterocycles. The molecule has 3 rings (SSSR count). The maximum Gasteiger partial charge on any atom is 0.0596 e. The summed E-state index contributed by atoms with van der Waals surface area (Å²) < 4.78 is 0. The number of aliphatic hydroxyl groups excluding tert-OH is 1. The van der Waals surface area contributed by atoms with Crippen LogP contribution >= 0.6 is 0 Å². The molecule has 3 saturated carbocycles. The number of aliphatic hydroxyl groups is 1. The highest BCUT2D eigenvalue weighted by Gasteiger charge is 2.68. The van der Waals surface area contributed by atoms with Crippen molar-refractivity contribution in [1.29, 1.82) is 0 Å². The van der Waals surface area contributed by atoms with E-state index in [-0.39, 0.29) is 11.5 Å². The standard InChI is InChI=1S/C15H26O/c1-9-5-6-11(16)15(4)8-7-10-13(12(9)15)14(10,2)3/h9-13,16H,5-8H2,1-4H3. The van der Waals surface area contributed by atoms with Crippen LogP contribution in [0.2, 0.25) is 0 Å². The van der Waals surface area contributed by atoms with Crippen molar-refractivity contribution in [1.82, 2.24) is 0 Å². The summed E-state index contributed by atoms with van der Waals surface area (Å²) in [5, 5.41) is 10.4. The Morgan fingerprint density at radius 3 is 2.38 bits per heavy atom. The van der Waals surface area contributed by atoms with Crippen molar-refractivity contribution in [2.24, 2.45) is 34.5 Å². The monoisotopic (exact) mass is 222 g/mol. The second-order valence-corrected chi connectivity index (χ2v) is 7.59. The summed E-state index contributed by atoms with van der Waals surface area (Å²) >= 11 is 0. The van der Waals surface area contributed by atoms with Crippen LogP contribution in [0.5, 0.6) is 0 Å². The maximum absolute atomic E-state index is 10.4. The SMILES string of the molecule is CC1CCC(O)C2(C)CCC3C(C12)C3(C)C. The second-order valence-electron chi connectivity index (χ2n) is 7.59. The molecule has 0 amide bonds. The highest BCUT2D eigenvalue weighted by atomic mass is 16.3. The van der Waals surface area contributed by atoms with Crippen molar-refractivity contribution < 1.29 is 5.11 Å². The Morgan fingerprint density at radius 2 is 1.69 bits per heavy atom. The lowest BCUT2D eigenvalue weighted by molar-refractivity contribution is -0.0951. The van der Waals surface area contributed by atoms with E-state index in [4.69, 9.17) is 0 Å². The van der Waals surface area contributed by atoms with Gasteiger partial charge in [0.2, 0.25) is 0 Å². The summed E-state index contributed by atoms with van der Waals surface area (Å²) in [5.41, 5.74) is 0.792. The van der Waals surface area contributed by atoms with Gasteiger partial charge in [0.15, 0.2) is 0 Å². The number of hydrogen-bond acceptors (Lipinski definition) is 1. The third-order valence-electron chi connectivity index (χ3n) is 6.55. The molecule has 1 heteroatoms. The van der Waals surface area contributed by atoms with E-state index in [0.29, 0.717) is 5.41 Å². The summed E-state index contributed by atoms with van der Waals surface area (Å²) in [6.07, 6.45) is 4.85. The van der Waals surface area contributed by atoms with E-state index in [2.05, 4.69) is 27.7 Å². The van der Waals surface area contributed by atoms with Crippen molar-refractivity contribution >= 4 is 0 Å². The van der Waals surface area contributed by atoms with Crippen LogP contribution in [0.4, 0.5) is 0 Å². The summed E-state index contributed by atoms with van der Waals surface area (Å²) in [7, 11) is 0. The third kappa shape index (κ3) is 1.16. The van der Waals surface area contributed by atoms with E-state index >= 15 is 0 Å². The van der Waals surface area contributed by atoms with Crippen LogP contribution in [0.15, 0.2) is 0 Å². The molecule has 0 radical (unpaired) electrons. The van der Waals surface area contributed by atoms with Crippen LogP contribution in [0, 0.1) is 34.5 Å². The normalized spacial score (nSPS) is 58.7. The molecule has 16 heavy (non-hydrogen) atoms. The first-order valence-corrected chi connectivity index (χ1v) is 7.07. The number of hydrogen-bond donors (Lipinski definition) is 1. The van der Waals surface area contributed by atoms with E-state index in [1.165, 1.54) is 19.3 Å². The Kier molecular flexibility index (Phi) is 2.11. The predicted molar refractivity (Wildman–Crippen MR) is 66.0 cm³/mol. The zero-order valence-electron chi connectivity index (χ0n) is 11.2. The summed E-state index contributed by atoms with van der Waals surface area (Å²) in [6, 6.07) is 0. The first kappa shape index (κ1) is 11.1. The molecular formula is C15H26O. The number of rotatable bonds is 0. The van der Waals surface area contributed by atoms with E-state index < -0.39 is 0 Å². The van der Waals surface area contributed by atoms with E-state index in [0.717, 1.165) is 30.1 Å². The minimum absolute atomic E-state index is 0.0361. The highest BCUT2D eigenvalue weighted by Crippen LogP contribution is 2.73. The van der Waals surface area contributed by atoms with Crippen molar-refractivity contribution in [3.63, 3.8) is 0 Å². The Morgan fingerprint density at radius 1 is 1.00 bits per heavy atom. The minimum atomic E-state index is -0.0361. The Hall–Kier alpha value is -0.0400. The largest absolute Gasteiger partial charge is 0.393 e. The smallest absolute Gasteiger partial charge is 0.0596 e. The van der Waals surface area contributed by atoms with Crippen LogP contribution in [0.3, 0.4) is 0 Å². The zero-order chi connectivity index (χ0) is 11.7. The molecule has 1 N–H and O–H groups in total. The van der Waals surface area contributed by atoms with Crippen LogP contribution in [0.1, 0.15) is 53.4 Å². The summed E-state index contributed by atoms with van der Waals surface area (Å²) in [5.74, 6) is 3.46. The molecule has 0 heterocycles. The fourth-order valence-corrected chi connectivity index (χ4v) is 5.42. The Balaban J connectivity index is 1.95. The van der Waals surface area contributed by atoms with Crippen LogP contribution in [0.25, 0.3) is 0 Å². The molecule has 3 aliphatic carbocycles. The lowest BCUT2D eigenvalue weighted by Gasteiger charge is -2.51. The van der Waals surface area contributed by atoms with Gasteiger partial charge in [0.25, 0.3) is 0 Å². The van der Waals surface area contributed by atoms with Gasteiger partial charge in [-0.15, -0.1) is 0 Å². The fraction of sp³-hybridized carbons (Fsp3) is 1.00. The van der Waals surface area contributed by atoms with Gasteiger partial charge in [0.1, 0.15) is 0 Å². The van der Waals surface area contributed by atoms with Crippen LogP contribution in [-0.4, -0.2) is 11.2 Å². The Bertz CT molecular complexity index is 309. The summed E-state index contributed by atoms with van der Waals surface area (Å²) in [6.45, 7) is 9.68. The second kappa shape index (κ2) is 3.04. The molecule has 6 atom stereocenters. The van der Waals surface area contributed by atoms with Crippen molar-refractivity contribution in [2.45, 2.75) is 59.5 Å². The molecule has 3 fully saturated rings. The van der Waals surface area contributed by atoms with Gasteiger partial charge in [0.05, 0.1) is 6.10 Å². The molecule has 92 valence electrons. The van der Waals surface area contributed by atoms with Gasteiger partial charge in [-0.25, -0.2) is 0 Å². The van der Waals surface area contributed by atoms with Gasteiger partial charge in [-0.2, -0.15) is 0 Å². The van der Waals surface area contributed by atoms with Gasteiger partial charge in [-0.3, -0.25) is 0 Å². The molecule has 6 unspecified atom stereocenters. The van der Waals surface area contributed by atoms with Gasteiger partial charge < -0.3 is 5.11 Å². The van der Waals surface area contributed by atoms with E-state index in [1.807, 2.05) is 0 Å². The molecule has 1 nitrogen and oxygen atoms in total. The molecule has 0 aromatic rings. The first-order chi connectivity index (χ1) is 7.39. The highest BCUT2D eigenvalue weighted by molar-refractivity contribution is 5.16. The average molecular weight is 222 g/mol. The van der Waals surface area contributed by atoms with Gasteiger partial charge in [-0.05, 0) is 60.2 Å². The fourth-order valence-electron chi connectivity index (χ4n) is 5.42. The summed E-state index contributed by atoms with van der Waals surface area (Å²) in [4.78, 5) is 0. The van der Waals surface area contributed by atoms with Gasteiger partial charge in [0, 0.05) is 0 Å². The minimum Gasteiger partial charge on any atom is -0.393 e. The topological polar surface area (TPSA) is 20.2 Å². The quantitative estimate of drug-likeness (QED) is 0.665. The molecular weight excluding hydrogens is 196 g/mol. The number of fused-ring (bicyclic) bond motifs is 3.